The monoisotopic (exact) mass is 256 g/mol. The van der Waals surface area contributed by atoms with Gasteiger partial charge in [0.1, 0.15) is 5.75 Å². The van der Waals surface area contributed by atoms with Crippen molar-refractivity contribution in [2.45, 2.75) is 13.3 Å². The molecule has 0 spiro atoms. The Labute approximate surface area is 101 Å². The second-order valence-electron chi connectivity index (χ2n) is 3.41. The summed E-state index contributed by atoms with van der Waals surface area (Å²) < 4.78 is 30.9. The van der Waals surface area contributed by atoms with Gasteiger partial charge in [-0.2, -0.15) is 0 Å². The van der Waals surface area contributed by atoms with Gasteiger partial charge in [-0.15, -0.1) is 4.72 Å². The summed E-state index contributed by atoms with van der Waals surface area (Å²) in [4.78, 5) is 11.6. The molecule has 93 valence electrons. The van der Waals surface area contributed by atoms with Crippen molar-refractivity contribution in [1.82, 2.24) is 4.72 Å². The lowest BCUT2D eigenvalue weighted by Crippen LogP contribution is -2.25. The summed E-state index contributed by atoms with van der Waals surface area (Å²) in [7, 11) is -2.20. The summed E-state index contributed by atoms with van der Waals surface area (Å²) in [5, 5.41) is 0. The van der Waals surface area contributed by atoms with Gasteiger partial charge in [-0.25, -0.2) is 8.42 Å². The van der Waals surface area contributed by atoms with Crippen molar-refractivity contribution >= 4 is 15.9 Å². The lowest BCUT2D eigenvalue weighted by atomic mass is 10.2. The molecule has 0 unspecified atom stereocenters. The number of sulfonamides is 1. The summed E-state index contributed by atoms with van der Waals surface area (Å²) in [6, 6.07) is 6.22. The molecule has 5 nitrogen and oxygen atoms in total. The van der Waals surface area contributed by atoms with Crippen LogP contribution < -0.4 is 9.46 Å². The second-order valence-corrected chi connectivity index (χ2v) is 5.17. The van der Waals surface area contributed by atoms with Crippen LogP contribution in [0.2, 0.25) is 0 Å². The van der Waals surface area contributed by atoms with Crippen LogP contribution >= 0.6 is 0 Å². The van der Waals surface area contributed by atoms with Crippen LogP contribution in [0.25, 0.3) is 0 Å². The fourth-order valence-electron chi connectivity index (χ4n) is 1.24. The highest BCUT2D eigenvalue weighted by molar-refractivity contribution is 7.89. The average molecular weight is 256 g/mol. The van der Waals surface area contributed by atoms with Crippen molar-refractivity contribution in [1.29, 1.82) is 0 Å². The number of hydrogen-bond acceptors (Lipinski definition) is 4. The molecule has 17 heavy (non-hydrogen) atoms. The third-order valence-corrected chi connectivity index (χ3v) is 3.37. The minimum Gasteiger partial charge on any atom is -0.497 e. The van der Waals surface area contributed by atoms with Crippen LogP contribution in [0.15, 0.2) is 24.3 Å². The molecule has 0 fully saturated rings. The topological polar surface area (TPSA) is 74.5 Å². The van der Waals surface area contributed by atoms with Crippen molar-refractivity contribution in [3.8, 4) is 5.75 Å². The SMILES string of the molecule is CCCS(=O)(=O)[N]C(=O)c1cccc(OC)c1. The normalized spacial score (nSPS) is 10.9. The van der Waals surface area contributed by atoms with E-state index < -0.39 is 15.9 Å². The minimum absolute atomic E-state index is 0.122. The van der Waals surface area contributed by atoms with Crippen LogP contribution in [0.3, 0.4) is 0 Å². The molecule has 6 heteroatoms. The molecule has 0 aliphatic rings. The fourth-order valence-corrected chi connectivity index (χ4v) is 2.20. The number of nitrogens with zero attached hydrogens (tertiary/aromatic N) is 1. The predicted molar refractivity (Wildman–Crippen MR) is 63.5 cm³/mol. The molecule has 0 saturated carbocycles. The molecular formula is C11H14NO4S. The van der Waals surface area contributed by atoms with Crippen molar-refractivity contribution in [2.75, 3.05) is 12.9 Å². The van der Waals surface area contributed by atoms with Crippen molar-refractivity contribution in [2.24, 2.45) is 0 Å². The number of rotatable bonds is 5. The highest BCUT2D eigenvalue weighted by Gasteiger charge is 2.18. The number of amides is 1. The van der Waals surface area contributed by atoms with Gasteiger partial charge in [0.25, 0.3) is 15.9 Å². The predicted octanol–water partition coefficient (Wildman–Crippen LogP) is 1.18. The van der Waals surface area contributed by atoms with Crippen molar-refractivity contribution in [3.63, 3.8) is 0 Å². The zero-order chi connectivity index (χ0) is 12.9. The first-order valence-electron chi connectivity index (χ1n) is 5.12. The maximum atomic E-state index is 11.6. The molecule has 0 aromatic heterocycles. The van der Waals surface area contributed by atoms with E-state index in [-0.39, 0.29) is 11.3 Å². The highest BCUT2D eigenvalue weighted by Crippen LogP contribution is 2.13. The number of carbonyl (C=O) groups is 1. The fraction of sp³-hybridized carbons (Fsp3) is 0.364. The first kappa shape index (κ1) is 13.5. The van der Waals surface area contributed by atoms with E-state index in [1.165, 1.54) is 19.2 Å². The second kappa shape index (κ2) is 5.67. The summed E-state index contributed by atoms with van der Waals surface area (Å²) in [5.74, 6) is -0.404. The molecule has 1 aromatic rings. The van der Waals surface area contributed by atoms with Crippen LogP contribution in [-0.4, -0.2) is 27.2 Å². The molecule has 0 N–H and O–H groups in total. The Morgan fingerprint density at radius 2 is 2.12 bits per heavy atom. The molecule has 1 aromatic carbocycles. The average Bonchev–Trinajstić information content (AvgIpc) is 2.28. The van der Waals surface area contributed by atoms with Crippen LogP contribution in [0, 0.1) is 0 Å². The smallest absolute Gasteiger partial charge is 0.287 e. The van der Waals surface area contributed by atoms with E-state index in [4.69, 9.17) is 4.74 Å². The summed E-state index contributed by atoms with van der Waals surface area (Å²) in [6.07, 6.45) is 0.428. The Bertz CT molecular complexity index is 496. The molecule has 1 radical (unpaired) electrons. The molecular weight excluding hydrogens is 242 g/mol. The van der Waals surface area contributed by atoms with E-state index in [9.17, 15) is 13.2 Å². The van der Waals surface area contributed by atoms with Gasteiger partial charge in [-0.05, 0) is 24.6 Å². The zero-order valence-electron chi connectivity index (χ0n) is 9.71. The standard InChI is InChI=1S/C11H14NO4S/c1-3-7-17(14,15)12-11(13)9-5-4-6-10(8-9)16-2/h4-6,8H,3,7H2,1-2H3. The van der Waals surface area contributed by atoms with E-state index in [0.29, 0.717) is 12.2 Å². The van der Waals surface area contributed by atoms with E-state index in [2.05, 4.69) is 4.72 Å². The van der Waals surface area contributed by atoms with Crippen LogP contribution in [0.4, 0.5) is 0 Å². The van der Waals surface area contributed by atoms with Gasteiger partial charge < -0.3 is 4.74 Å². The van der Waals surface area contributed by atoms with Gasteiger partial charge in [-0.3, -0.25) is 4.79 Å². The first-order valence-corrected chi connectivity index (χ1v) is 6.73. The van der Waals surface area contributed by atoms with Crippen LogP contribution in [0.5, 0.6) is 5.75 Å². The molecule has 0 saturated heterocycles. The number of hydrogen-bond donors (Lipinski definition) is 0. The Balaban J connectivity index is 2.83. The van der Waals surface area contributed by atoms with Crippen molar-refractivity contribution in [3.05, 3.63) is 29.8 Å². The third-order valence-electron chi connectivity index (χ3n) is 2.00. The number of carbonyl (C=O) groups excluding carboxylic acids is 1. The summed E-state index contributed by atoms with van der Waals surface area (Å²) in [5.41, 5.74) is 0.198. The quantitative estimate of drug-likeness (QED) is 0.792. The lowest BCUT2D eigenvalue weighted by Gasteiger charge is -2.04. The zero-order valence-corrected chi connectivity index (χ0v) is 10.5. The summed E-state index contributed by atoms with van der Waals surface area (Å²) in [6.45, 7) is 1.71. The van der Waals surface area contributed by atoms with Gasteiger partial charge in [0.05, 0.1) is 12.9 Å². The largest absolute Gasteiger partial charge is 0.497 e. The molecule has 0 atom stereocenters. The molecule has 0 bridgehead atoms. The van der Waals surface area contributed by atoms with Crippen LogP contribution in [-0.2, 0) is 10.0 Å². The van der Waals surface area contributed by atoms with E-state index in [1.807, 2.05) is 0 Å². The Kier molecular flexibility index (Phi) is 4.51. The third kappa shape index (κ3) is 4.07. The van der Waals surface area contributed by atoms with Crippen LogP contribution in [0.1, 0.15) is 23.7 Å². The molecule has 0 aliphatic heterocycles. The maximum Gasteiger partial charge on any atom is 0.287 e. The van der Waals surface area contributed by atoms with Gasteiger partial charge >= 0.3 is 0 Å². The molecule has 1 rings (SSSR count). The van der Waals surface area contributed by atoms with Gasteiger partial charge in [-0.1, -0.05) is 13.0 Å². The summed E-state index contributed by atoms with van der Waals surface area (Å²) >= 11 is 0. The molecule has 0 heterocycles. The number of ether oxygens (including phenoxy) is 1. The molecule has 1 amide bonds. The Hall–Kier alpha value is -1.56. The lowest BCUT2D eigenvalue weighted by molar-refractivity contribution is 0.0978. The Morgan fingerprint density at radius 3 is 2.71 bits per heavy atom. The maximum absolute atomic E-state index is 11.6. The number of methoxy groups -OCH3 is 1. The van der Waals surface area contributed by atoms with E-state index in [1.54, 1.807) is 19.1 Å². The highest BCUT2D eigenvalue weighted by atomic mass is 32.2. The van der Waals surface area contributed by atoms with E-state index >= 15 is 0 Å². The number of benzene rings is 1. The van der Waals surface area contributed by atoms with Gasteiger partial charge in [0.15, 0.2) is 0 Å². The van der Waals surface area contributed by atoms with Gasteiger partial charge in [0, 0.05) is 5.56 Å². The van der Waals surface area contributed by atoms with E-state index in [0.717, 1.165) is 0 Å². The Morgan fingerprint density at radius 1 is 1.41 bits per heavy atom. The molecule has 0 aliphatic carbocycles. The minimum atomic E-state index is -3.66. The van der Waals surface area contributed by atoms with Crippen molar-refractivity contribution < 1.29 is 17.9 Å². The van der Waals surface area contributed by atoms with Gasteiger partial charge in [0.2, 0.25) is 0 Å². The first-order chi connectivity index (χ1) is 7.98.